The molecule has 4 heteroatoms. The normalized spacial score (nSPS) is 10.7. The lowest BCUT2D eigenvalue weighted by Gasteiger charge is -2.07. The Bertz CT molecular complexity index is 540. The van der Waals surface area contributed by atoms with Crippen LogP contribution < -0.4 is 5.32 Å². The van der Waals surface area contributed by atoms with E-state index in [1.54, 1.807) is 6.07 Å². The molecule has 2 rings (SSSR count). The number of halogens is 2. The molecule has 0 bridgehead atoms. The number of rotatable bonds is 5. The number of hydrogen-bond acceptors (Lipinski definition) is 2. The molecule has 0 atom stereocenters. The first-order valence-electron chi connectivity index (χ1n) is 6.02. The van der Waals surface area contributed by atoms with Gasteiger partial charge in [-0.15, -0.1) is 0 Å². The van der Waals surface area contributed by atoms with Crippen LogP contribution in [0.5, 0.6) is 0 Å². The standard InChI is InChI=1S/C15H15Cl2NO/c16-14-6-5-13(7-15(14)17)9-18-8-11-1-3-12(10-19)4-2-11/h1-7,18-19H,8-10H2. The van der Waals surface area contributed by atoms with Gasteiger partial charge in [0.2, 0.25) is 0 Å². The first kappa shape index (κ1) is 14.4. The largest absolute Gasteiger partial charge is 0.392 e. The maximum Gasteiger partial charge on any atom is 0.0681 e. The summed E-state index contributed by atoms with van der Waals surface area (Å²) in [7, 11) is 0. The van der Waals surface area contributed by atoms with E-state index in [4.69, 9.17) is 28.3 Å². The van der Waals surface area contributed by atoms with Crippen molar-refractivity contribution in [1.29, 1.82) is 0 Å². The van der Waals surface area contributed by atoms with E-state index < -0.39 is 0 Å². The monoisotopic (exact) mass is 295 g/mol. The van der Waals surface area contributed by atoms with Crippen LogP contribution in [0, 0.1) is 0 Å². The molecule has 0 aromatic heterocycles. The molecule has 0 aliphatic carbocycles. The van der Waals surface area contributed by atoms with Gasteiger partial charge < -0.3 is 10.4 Å². The van der Waals surface area contributed by atoms with Crippen LogP contribution in [0.15, 0.2) is 42.5 Å². The lowest BCUT2D eigenvalue weighted by Crippen LogP contribution is -2.12. The molecule has 0 radical (unpaired) electrons. The zero-order chi connectivity index (χ0) is 13.7. The van der Waals surface area contributed by atoms with Gasteiger partial charge in [-0.2, -0.15) is 0 Å². The summed E-state index contributed by atoms with van der Waals surface area (Å²) < 4.78 is 0. The molecular weight excluding hydrogens is 281 g/mol. The number of aliphatic hydroxyl groups is 1. The molecule has 0 amide bonds. The zero-order valence-electron chi connectivity index (χ0n) is 10.4. The van der Waals surface area contributed by atoms with Gasteiger partial charge in [0.15, 0.2) is 0 Å². The van der Waals surface area contributed by atoms with Crippen LogP contribution in [0.2, 0.25) is 10.0 Å². The lowest BCUT2D eigenvalue weighted by atomic mass is 10.1. The second-order valence-electron chi connectivity index (χ2n) is 4.33. The summed E-state index contributed by atoms with van der Waals surface area (Å²) in [5.74, 6) is 0. The van der Waals surface area contributed by atoms with Crippen molar-refractivity contribution in [3.05, 3.63) is 69.2 Å². The molecule has 19 heavy (non-hydrogen) atoms. The third kappa shape index (κ3) is 4.22. The summed E-state index contributed by atoms with van der Waals surface area (Å²) in [6.45, 7) is 1.58. The molecule has 0 fully saturated rings. The van der Waals surface area contributed by atoms with Crippen LogP contribution in [0.1, 0.15) is 16.7 Å². The predicted octanol–water partition coefficient (Wildman–Crippen LogP) is 3.78. The van der Waals surface area contributed by atoms with E-state index in [1.807, 2.05) is 36.4 Å². The fourth-order valence-corrected chi connectivity index (χ4v) is 2.08. The average molecular weight is 296 g/mol. The summed E-state index contributed by atoms with van der Waals surface area (Å²) >= 11 is 11.8. The van der Waals surface area contributed by atoms with E-state index in [9.17, 15) is 0 Å². The minimum absolute atomic E-state index is 0.0803. The highest BCUT2D eigenvalue weighted by Crippen LogP contribution is 2.22. The van der Waals surface area contributed by atoms with Crippen molar-refractivity contribution in [3.8, 4) is 0 Å². The van der Waals surface area contributed by atoms with Crippen molar-refractivity contribution in [3.63, 3.8) is 0 Å². The molecule has 0 saturated carbocycles. The summed E-state index contributed by atoms with van der Waals surface area (Å²) in [5, 5.41) is 13.5. The zero-order valence-corrected chi connectivity index (χ0v) is 11.9. The summed E-state index contributed by atoms with van der Waals surface area (Å²) in [6, 6.07) is 13.5. The van der Waals surface area contributed by atoms with Crippen LogP contribution >= 0.6 is 23.2 Å². The van der Waals surface area contributed by atoms with Crippen molar-refractivity contribution in [2.45, 2.75) is 19.7 Å². The molecule has 2 aromatic carbocycles. The van der Waals surface area contributed by atoms with Gasteiger partial charge in [-0.25, -0.2) is 0 Å². The van der Waals surface area contributed by atoms with E-state index >= 15 is 0 Å². The van der Waals surface area contributed by atoms with Crippen molar-refractivity contribution < 1.29 is 5.11 Å². The van der Waals surface area contributed by atoms with Crippen molar-refractivity contribution in [1.82, 2.24) is 5.32 Å². The van der Waals surface area contributed by atoms with E-state index in [1.165, 1.54) is 5.56 Å². The Morgan fingerprint density at radius 2 is 1.37 bits per heavy atom. The quantitative estimate of drug-likeness (QED) is 0.880. The van der Waals surface area contributed by atoms with E-state index in [0.717, 1.165) is 24.2 Å². The Kier molecular flexibility index (Phi) is 5.23. The SMILES string of the molecule is OCc1ccc(CNCc2ccc(Cl)c(Cl)c2)cc1. The van der Waals surface area contributed by atoms with Gasteiger partial charge in [0.25, 0.3) is 0 Å². The second-order valence-corrected chi connectivity index (χ2v) is 5.14. The van der Waals surface area contributed by atoms with E-state index in [2.05, 4.69) is 5.32 Å². The third-order valence-electron chi connectivity index (χ3n) is 2.85. The maximum absolute atomic E-state index is 8.96. The van der Waals surface area contributed by atoms with Gasteiger partial charge in [0, 0.05) is 13.1 Å². The fraction of sp³-hybridized carbons (Fsp3) is 0.200. The summed E-state index contributed by atoms with van der Waals surface area (Å²) in [6.07, 6.45) is 0. The smallest absolute Gasteiger partial charge is 0.0681 e. The topological polar surface area (TPSA) is 32.3 Å². The molecule has 2 N–H and O–H groups in total. The van der Waals surface area contributed by atoms with Crippen LogP contribution in [0.3, 0.4) is 0 Å². The molecular formula is C15H15Cl2NO. The van der Waals surface area contributed by atoms with Crippen LogP contribution in [0.4, 0.5) is 0 Å². The first-order chi connectivity index (χ1) is 9.19. The Labute approximate surface area is 123 Å². The maximum atomic E-state index is 8.96. The van der Waals surface area contributed by atoms with Gasteiger partial charge in [-0.05, 0) is 28.8 Å². The lowest BCUT2D eigenvalue weighted by molar-refractivity contribution is 0.282. The molecule has 2 aromatic rings. The van der Waals surface area contributed by atoms with E-state index in [-0.39, 0.29) is 6.61 Å². The molecule has 0 heterocycles. The summed E-state index contributed by atoms with van der Waals surface area (Å²) in [4.78, 5) is 0. The second kappa shape index (κ2) is 6.92. The van der Waals surface area contributed by atoms with Gasteiger partial charge in [-0.3, -0.25) is 0 Å². The predicted molar refractivity (Wildman–Crippen MR) is 79.4 cm³/mol. The number of nitrogens with one attached hydrogen (secondary N) is 1. The van der Waals surface area contributed by atoms with Crippen molar-refractivity contribution in [2.24, 2.45) is 0 Å². The minimum atomic E-state index is 0.0803. The molecule has 100 valence electrons. The first-order valence-corrected chi connectivity index (χ1v) is 6.78. The van der Waals surface area contributed by atoms with Gasteiger partial charge in [-0.1, -0.05) is 53.5 Å². The highest BCUT2D eigenvalue weighted by atomic mass is 35.5. The van der Waals surface area contributed by atoms with Crippen molar-refractivity contribution in [2.75, 3.05) is 0 Å². The Morgan fingerprint density at radius 1 is 0.789 bits per heavy atom. The molecule has 0 aliphatic heterocycles. The summed E-state index contributed by atoms with van der Waals surface area (Å²) in [5.41, 5.74) is 3.20. The Balaban J connectivity index is 1.86. The number of hydrogen-bond donors (Lipinski definition) is 2. The Morgan fingerprint density at radius 3 is 2.00 bits per heavy atom. The molecule has 2 nitrogen and oxygen atoms in total. The molecule has 0 saturated heterocycles. The minimum Gasteiger partial charge on any atom is -0.392 e. The third-order valence-corrected chi connectivity index (χ3v) is 3.59. The Hall–Kier alpha value is -1.06. The van der Waals surface area contributed by atoms with Crippen molar-refractivity contribution >= 4 is 23.2 Å². The van der Waals surface area contributed by atoms with Crippen LogP contribution in [-0.2, 0) is 19.7 Å². The number of benzene rings is 2. The molecule has 0 aliphatic rings. The molecule has 0 unspecified atom stereocenters. The highest BCUT2D eigenvalue weighted by Gasteiger charge is 1.99. The van der Waals surface area contributed by atoms with Gasteiger partial charge >= 0.3 is 0 Å². The number of aliphatic hydroxyl groups excluding tert-OH is 1. The van der Waals surface area contributed by atoms with Crippen LogP contribution in [0.25, 0.3) is 0 Å². The highest BCUT2D eigenvalue weighted by molar-refractivity contribution is 6.42. The van der Waals surface area contributed by atoms with Gasteiger partial charge in [0.1, 0.15) is 0 Å². The molecule has 0 spiro atoms. The average Bonchev–Trinajstić information content (AvgIpc) is 2.43. The van der Waals surface area contributed by atoms with E-state index in [0.29, 0.717) is 10.0 Å². The van der Waals surface area contributed by atoms with Gasteiger partial charge in [0.05, 0.1) is 16.7 Å². The van der Waals surface area contributed by atoms with Crippen LogP contribution in [-0.4, -0.2) is 5.11 Å². The fourth-order valence-electron chi connectivity index (χ4n) is 1.76.